The van der Waals surface area contributed by atoms with Gasteiger partial charge in [-0.3, -0.25) is 14.6 Å². The average Bonchev–Trinajstić information content (AvgIpc) is 2.29. The molecule has 0 radical (unpaired) electrons. The van der Waals surface area contributed by atoms with Crippen LogP contribution in [0.4, 0.5) is 0 Å². The van der Waals surface area contributed by atoms with Crippen LogP contribution < -0.4 is 5.32 Å². The number of hydrogen-bond donors (Lipinski definition) is 1. The number of nitriles is 1. The maximum atomic E-state index is 11.5. The summed E-state index contributed by atoms with van der Waals surface area (Å²) in [4.78, 5) is 15.7. The number of carbonyl (C=O) groups excluding carboxylic acids is 1. The zero-order valence-electron chi connectivity index (χ0n) is 9.91. The molecule has 5 heteroatoms. The summed E-state index contributed by atoms with van der Waals surface area (Å²) in [5.74, 6) is 0.107. The van der Waals surface area contributed by atoms with Crippen LogP contribution in [0.25, 0.3) is 0 Å². The molecule has 0 atom stereocenters. The van der Waals surface area contributed by atoms with Gasteiger partial charge in [0.25, 0.3) is 0 Å². The van der Waals surface area contributed by atoms with E-state index in [-0.39, 0.29) is 5.91 Å². The van der Waals surface area contributed by atoms with E-state index >= 15 is 0 Å². The van der Waals surface area contributed by atoms with Crippen LogP contribution in [-0.2, 0) is 4.79 Å². The number of nitrogens with one attached hydrogen (secondary N) is 1. The standard InChI is InChI=1S/C11H20N4O/c1-2-4-13-11(16)10-15-8-6-14(5-3-12)7-9-15/h2,4-10H2,1H3,(H,13,16). The average molecular weight is 224 g/mol. The zero-order valence-corrected chi connectivity index (χ0v) is 9.91. The van der Waals surface area contributed by atoms with Gasteiger partial charge in [-0.2, -0.15) is 5.26 Å². The first kappa shape index (κ1) is 12.9. The molecule has 1 aliphatic heterocycles. The number of rotatable bonds is 5. The maximum Gasteiger partial charge on any atom is 0.234 e. The van der Waals surface area contributed by atoms with E-state index in [0.29, 0.717) is 13.1 Å². The Labute approximate surface area is 97.0 Å². The van der Waals surface area contributed by atoms with Gasteiger partial charge < -0.3 is 5.32 Å². The van der Waals surface area contributed by atoms with E-state index < -0.39 is 0 Å². The molecule has 1 aliphatic rings. The summed E-state index contributed by atoms with van der Waals surface area (Å²) in [6.07, 6.45) is 0.974. The Balaban J connectivity index is 2.17. The van der Waals surface area contributed by atoms with Gasteiger partial charge >= 0.3 is 0 Å². The lowest BCUT2D eigenvalue weighted by molar-refractivity contribution is -0.122. The molecule has 1 amide bonds. The van der Waals surface area contributed by atoms with Gasteiger partial charge in [0.1, 0.15) is 0 Å². The van der Waals surface area contributed by atoms with Crippen molar-refractivity contribution in [1.82, 2.24) is 15.1 Å². The Bertz CT molecular complexity index is 253. The Morgan fingerprint density at radius 1 is 1.31 bits per heavy atom. The number of carbonyl (C=O) groups is 1. The lowest BCUT2D eigenvalue weighted by atomic mass is 10.3. The fourth-order valence-electron chi connectivity index (χ4n) is 1.73. The molecule has 0 aromatic carbocycles. The topological polar surface area (TPSA) is 59.4 Å². The summed E-state index contributed by atoms with van der Waals surface area (Å²) in [5.41, 5.74) is 0. The molecule has 1 saturated heterocycles. The smallest absolute Gasteiger partial charge is 0.234 e. The second-order valence-corrected chi connectivity index (χ2v) is 4.06. The fraction of sp³-hybridized carbons (Fsp3) is 0.818. The molecule has 0 aromatic rings. The van der Waals surface area contributed by atoms with Crippen LogP contribution >= 0.6 is 0 Å². The quantitative estimate of drug-likeness (QED) is 0.649. The molecule has 16 heavy (non-hydrogen) atoms. The molecule has 5 nitrogen and oxygen atoms in total. The molecular weight excluding hydrogens is 204 g/mol. The van der Waals surface area contributed by atoms with Crippen LogP contribution in [0.5, 0.6) is 0 Å². The first-order valence-electron chi connectivity index (χ1n) is 5.84. The van der Waals surface area contributed by atoms with E-state index in [4.69, 9.17) is 5.26 Å². The van der Waals surface area contributed by atoms with Crippen molar-refractivity contribution in [2.45, 2.75) is 13.3 Å². The van der Waals surface area contributed by atoms with Crippen LogP contribution in [0, 0.1) is 11.3 Å². The normalized spacial score (nSPS) is 18.0. The molecule has 0 saturated carbocycles. The largest absolute Gasteiger partial charge is 0.355 e. The summed E-state index contributed by atoms with van der Waals surface area (Å²) in [6.45, 7) is 7.30. The SMILES string of the molecule is CCCNC(=O)CN1CCN(CC#N)CC1. The third-order valence-electron chi connectivity index (χ3n) is 2.70. The van der Waals surface area contributed by atoms with Crippen molar-refractivity contribution in [2.24, 2.45) is 0 Å². The Kier molecular flexibility index (Phi) is 5.83. The van der Waals surface area contributed by atoms with Crippen molar-refractivity contribution < 1.29 is 4.79 Å². The number of nitrogens with zero attached hydrogens (tertiary/aromatic N) is 3. The summed E-state index contributed by atoms with van der Waals surface area (Å²) >= 11 is 0. The fourth-order valence-corrected chi connectivity index (χ4v) is 1.73. The first-order valence-corrected chi connectivity index (χ1v) is 5.84. The maximum absolute atomic E-state index is 11.5. The van der Waals surface area contributed by atoms with Crippen molar-refractivity contribution in [2.75, 3.05) is 45.8 Å². The second kappa shape index (κ2) is 7.20. The van der Waals surface area contributed by atoms with Crippen LogP contribution in [0.3, 0.4) is 0 Å². The predicted molar refractivity (Wildman–Crippen MR) is 61.8 cm³/mol. The van der Waals surface area contributed by atoms with Crippen molar-refractivity contribution in [1.29, 1.82) is 5.26 Å². The minimum absolute atomic E-state index is 0.107. The van der Waals surface area contributed by atoms with Crippen LogP contribution in [0.15, 0.2) is 0 Å². The van der Waals surface area contributed by atoms with E-state index in [9.17, 15) is 4.79 Å². The number of hydrogen-bond acceptors (Lipinski definition) is 4. The van der Waals surface area contributed by atoms with Gasteiger partial charge in [0.05, 0.1) is 19.2 Å². The molecule has 90 valence electrons. The molecule has 0 spiro atoms. The highest BCUT2D eigenvalue weighted by Crippen LogP contribution is 2.00. The molecule has 0 unspecified atom stereocenters. The highest BCUT2D eigenvalue weighted by atomic mass is 16.2. The van der Waals surface area contributed by atoms with Gasteiger partial charge in [0.2, 0.25) is 5.91 Å². The van der Waals surface area contributed by atoms with E-state index in [1.54, 1.807) is 0 Å². The van der Waals surface area contributed by atoms with E-state index in [0.717, 1.165) is 39.1 Å². The summed E-state index contributed by atoms with van der Waals surface area (Å²) in [6, 6.07) is 2.15. The number of amides is 1. The van der Waals surface area contributed by atoms with Gasteiger partial charge in [0.15, 0.2) is 0 Å². The van der Waals surface area contributed by atoms with Gasteiger partial charge in [0, 0.05) is 32.7 Å². The van der Waals surface area contributed by atoms with E-state index in [1.807, 2.05) is 6.92 Å². The summed E-state index contributed by atoms with van der Waals surface area (Å²) < 4.78 is 0. The molecule has 1 heterocycles. The number of piperazine rings is 1. The van der Waals surface area contributed by atoms with Gasteiger partial charge in [-0.25, -0.2) is 0 Å². The molecule has 1 fully saturated rings. The highest BCUT2D eigenvalue weighted by molar-refractivity contribution is 5.77. The van der Waals surface area contributed by atoms with Gasteiger partial charge in [-0.15, -0.1) is 0 Å². The van der Waals surface area contributed by atoms with Crippen LogP contribution in [-0.4, -0.2) is 61.5 Å². The van der Waals surface area contributed by atoms with E-state index in [2.05, 4.69) is 21.2 Å². The van der Waals surface area contributed by atoms with Crippen molar-refractivity contribution >= 4 is 5.91 Å². The third-order valence-corrected chi connectivity index (χ3v) is 2.70. The zero-order chi connectivity index (χ0) is 11.8. The first-order chi connectivity index (χ1) is 7.76. The summed E-state index contributed by atoms with van der Waals surface area (Å²) in [5, 5.41) is 11.4. The van der Waals surface area contributed by atoms with Crippen LogP contribution in [0.2, 0.25) is 0 Å². The molecule has 0 aliphatic carbocycles. The van der Waals surface area contributed by atoms with Gasteiger partial charge in [-0.05, 0) is 6.42 Å². The van der Waals surface area contributed by atoms with Crippen molar-refractivity contribution in [3.05, 3.63) is 0 Å². The minimum Gasteiger partial charge on any atom is -0.355 e. The molecule has 1 N–H and O–H groups in total. The monoisotopic (exact) mass is 224 g/mol. The Morgan fingerprint density at radius 3 is 2.50 bits per heavy atom. The molecular formula is C11H20N4O. The van der Waals surface area contributed by atoms with E-state index in [1.165, 1.54) is 0 Å². The lowest BCUT2D eigenvalue weighted by Gasteiger charge is -2.32. The third kappa shape index (κ3) is 4.60. The Hall–Kier alpha value is -1.12. The van der Waals surface area contributed by atoms with Crippen molar-refractivity contribution in [3.8, 4) is 6.07 Å². The van der Waals surface area contributed by atoms with Gasteiger partial charge in [-0.1, -0.05) is 6.92 Å². The Morgan fingerprint density at radius 2 is 1.94 bits per heavy atom. The highest BCUT2D eigenvalue weighted by Gasteiger charge is 2.17. The predicted octanol–water partition coefficient (Wildman–Crippen LogP) is -0.346. The lowest BCUT2D eigenvalue weighted by Crippen LogP contribution is -2.49. The second-order valence-electron chi connectivity index (χ2n) is 4.06. The van der Waals surface area contributed by atoms with Crippen molar-refractivity contribution in [3.63, 3.8) is 0 Å². The molecule has 1 rings (SSSR count). The summed E-state index contributed by atoms with van der Waals surface area (Å²) in [7, 11) is 0. The molecule has 0 bridgehead atoms. The van der Waals surface area contributed by atoms with Crippen LogP contribution in [0.1, 0.15) is 13.3 Å². The molecule has 0 aromatic heterocycles. The minimum atomic E-state index is 0.107.